The topological polar surface area (TPSA) is 3.24 Å². The lowest BCUT2D eigenvalue weighted by Crippen LogP contribution is -2.23. The van der Waals surface area contributed by atoms with Crippen molar-refractivity contribution < 1.29 is 0 Å². The number of nitrogens with zero attached hydrogens (tertiary/aromatic N) is 1. The van der Waals surface area contributed by atoms with E-state index in [1.54, 1.807) is 0 Å². The second-order valence-corrected chi connectivity index (χ2v) is 3.28. The molecular weight excluding hydrogens is 182 g/mol. The number of hydrogen-bond donors (Lipinski definition) is 0. The molecule has 0 amide bonds. The van der Waals surface area contributed by atoms with Gasteiger partial charge >= 0.3 is 0 Å². The van der Waals surface area contributed by atoms with Crippen LogP contribution in [0.15, 0.2) is 43.0 Å². The molecule has 1 aromatic rings. The maximum Gasteiger partial charge on any atom is 0.0607 e. The monoisotopic (exact) mass is 199 g/mol. The Hall–Kier alpha value is -1.52. The predicted molar refractivity (Wildman–Crippen MR) is 65.6 cm³/mol. The maximum absolute atomic E-state index is 3.72. The minimum Gasteiger partial charge on any atom is -0.289 e. The molecule has 15 heavy (non-hydrogen) atoms. The van der Waals surface area contributed by atoms with Crippen molar-refractivity contribution >= 4 is 0 Å². The Morgan fingerprint density at radius 2 is 2.07 bits per heavy atom. The van der Waals surface area contributed by atoms with Crippen LogP contribution < -0.4 is 0 Å². The first-order valence-corrected chi connectivity index (χ1v) is 5.24. The molecule has 1 nitrogen and oxygen atoms in total. The van der Waals surface area contributed by atoms with Crippen LogP contribution in [0, 0.1) is 11.8 Å². The molecule has 0 aliphatic rings. The molecular formula is C14H17N. The van der Waals surface area contributed by atoms with E-state index in [0.29, 0.717) is 0 Å². The molecule has 0 heterocycles. The lowest BCUT2D eigenvalue weighted by molar-refractivity contribution is 0.360. The van der Waals surface area contributed by atoms with Crippen molar-refractivity contribution in [2.75, 3.05) is 19.6 Å². The highest BCUT2D eigenvalue weighted by atomic mass is 15.1. The molecule has 0 aliphatic heterocycles. The Balaban J connectivity index is 2.48. The molecule has 0 fully saturated rings. The molecule has 0 unspecified atom stereocenters. The SMILES string of the molecule is C=CCN(CC)CC#Cc1ccccc1. The summed E-state index contributed by atoms with van der Waals surface area (Å²) >= 11 is 0. The zero-order valence-corrected chi connectivity index (χ0v) is 9.24. The van der Waals surface area contributed by atoms with E-state index in [4.69, 9.17) is 0 Å². The normalized spacial score (nSPS) is 9.47. The van der Waals surface area contributed by atoms with E-state index in [1.807, 2.05) is 36.4 Å². The smallest absolute Gasteiger partial charge is 0.0607 e. The third kappa shape index (κ3) is 4.49. The molecule has 0 saturated carbocycles. The second kappa shape index (κ2) is 6.86. The highest BCUT2D eigenvalue weighted by molar-refractivity contribution is 5.33. The Morgan fingerprint density at radius 1 is 1.33 bits per heavy atom. The number of rotatable bonds is 4. The van der Waals surface area contributed by atoms with Gasteiger partial charge in [0, 0.05) is 12.1 Å². The molecule has 0 aromatic heterocycles. The van der Waals surface area contributed by atoms with Crippen LogP contribution >= 0.6 is 0 Å². The van der Waals surface area contributed by atoms with Gasteiger partial charge in [0.05, 0.1) is 6.54 Å². The van der Waals surface area contributed by atoms with E-state index in [9.17, 15) is 0 Å². The molecule has 0 aliphatic carbocycles. The fraction of sp³-hybridized carbons (Fsp3) is 0.286. The van der Waals surface area contributed by atoms with Crippen LogP contribution in [0.25, 0.3) is 0 Å². The van der Waals surface area contributed by atoms with Crippen LogP contribution in [0.1, 0.15) is 12.5 Å². The lowest BCUT2D eigenvalue weighted by atomic mass is 10.2. The van der Waals surface area contributed by atoms with Crippen LogP contribution in [0.3, 0.4) is 0 Å². The predicted octanol–water partition coefficient (Wildman–Crippen LogP) is 2.55. The van der Waals surface area contributed by atoms with Gasteiger partial charge in [-0.25, -0.2) is 0 Å². The average Bonchev–Trinajstić information content (AvgIpc) is 2.29. The number of hydrogen-bond acceptors (Lipinski definition) is 1. The van der Waals surface area contributed by atoms with Gasteiger partial charge in [0.15, 0.2) is 0 Å². The average molecular weight is 199 g/mol. The van der Waals surface area contributed by atoms with E-state index in [0.717, 1.165) is 25.2 Å². The van der Waals surface area contributed by atoms with Crippen LogP contribution in [0.2, 0.25) is 0 Å². The summed E-state index contributed by atoms with van der Waals surface area (Å²) in [5.74, 6) is 6.31. The summed E-state index contributed by atoms with van der Waals surface area (Å²) in [5.41, 5.74) is 1.08. The van der Waals surface area contributed by atoms with Crippen molar-refractivity contribution in [2.45, 2.75) is 6.92 Å². The summed E-state index contributed by atoms with van der Waals surface area (Å²) in [6, 6.07) is 10.1. The van der Waals surface area contributed by atoms with E-state index < -0.39 is 0 Å². The zero-order valence-electron chi connectivity index (χ0n) is 9.24. The highest BCUT2D eigenvalue weighted by Gasteiger charge is 1.94. The Kier molecular flexibility index (Phi) is 5.29. The number of likely N-dealkylation sites (N-methyl/N-ethyl adjacent to an activating group) is 1. The summed E-state index contributed by atoms with van der Waals surface area (Å²) in [6.07, 6.45) is 1.91. The first kappa shape index (κ1) is 11.6. The summed E-state index contributed by atoms with van der Waals surface area (Å²) in [7, 11) is 0. The van der Waals surface area contributed by atoms with Gasteiger partial charge in [0.2, 0.25) is 0 Å². The van der Waals surface area contributed by atoms with E-state index in [2.05, 4.69) is 30.2 Å². The maximum atomic E-state index is 3.72. The van der Waals surface area contributed by atoms with Crippen LogP contribution in [-0.2, 0) is 0 Å². The largest absolute Gasteiger partial charge is 0.289 e. The van der Waals surface area contributed by atoms with Crippen LogP contribution in [0.5, 0.6) is 0 Å². The minimum atomic E-state index is 0.803. The second-order valence-electron chi connectivity index (χ2n) is 3.28. The highest BCUT2D eigenvalue weighted by Crippen LogP contribution is 1.95. The third-order valence-corrected chi connectivity index (χ3v) is 2.14. The molecule has 1 rings (SSSR count). The van der Waals surface area contributed by atoms with Crippen LogP contribution in [-0.4, -0.2) is 24.5 Å². The molecule has 0 N–H and O–H groups in total. The summed E-state index contributed by atoms with van der Waals surface area (Å²) in [4.78, 5) is 2.24. The number of benzene rings is 1. The first-order chi connectivity index (χ1) is 7.36. The van der Waals surface area contributed by atoms with Gasteiger partial charge in [0.1, 0.15) is 0 Å². The van der Waals surface area contributed by atoms with Crippen molar-refractivity contribution in [3.05, 3.63) is 48.6 Å². The molecule has 0 atom stereocenters. The van der Waals surface area contributed by atoms with Crippen molar-refractivity contribution in [2.24, 2.45) is 0 Å². The minimum absolute atomic E-state index is 0.803. The molecule has 1 aromatic carbocycles. The van der Waals surface area contributed by atoms with Crippen LogP contribution in [0.4, 0.5) is 0 Å². The van der Waals surface area contributed by atoms with Gasteiger partial charge in [-0.1, -0.05) is 43.0 Å². The van der Waals surface area contributed by atoms with Gasteiger partial charge in [-0.05, 0) is 18.7 Å². The van der Waals surface area contributed by atoms with E-state index in [-0.39, 0.29) is 0 Å². The molecule has 0 saturated heterocycles. The van der Waals surface area contributed by atoms with Crippen molar-refractivity contribution in [1.82, 2.24) is 4.90 Å². The standard InChI is InChI=1S/C14H17N/c1-3-12-15(4-2)13-8-11-14-9-6-5-7-10-14/h3,5-7,9-10H,1,4,12-13H2,2H3. The fourth-order valence-corrected chi connectivity index (χ4v) is 1.26. The van der Waals surface area contributed by atoms with Gasteiger partial charge in [-0.3, -0.25) is 4.90 Å². The van der Waals surface area contributed by atoms with Crippen molar-refractivity contribution in [3.63, 3.8) is 0 Å². The van der Waals surface area contributed by atoms with Crippen molar-refractivity contribution in [3.8, 4) is 11.8 Å². The lowest BCUT2D eigenvalue weighted by Gasteiger charge is -2.13. The quantitative estimate of drug-likeness (QED) is 0.532. The van der Waals surface area contributed by atoms with Crippen molar-refractivity contribution in [1.29, 1.82) is 0 Å². The van der Waals surface area contributed by atoms with E-state index in [1.165, 1.54) is 0 Å². The summed E-state index contributed by atoms with van der Waals surface area (Å²) < 4.78 is 0. The zero-order chi connectivity index (χ0) is 10.9. The third-order valence-electron chi connectivity index (χ3n) is 2.14. The van der Waals surface area contributed by atoms with Gasteiger partial charge in [-0.2, -0.15) is 0 Å². The molecule has 0 radical (unpaired) electrons. The molecule has 1 heteroatoms. The molecule has 0 bridgehead atoms. The van der Waals surface area contributed by atoms with Gasteiger partial charge in [0.25, 0.3) is 0 Å². The van der Waals surface area contributed by atoms with E-state index >= 15 is 0 Å². The van der Waals surface area contributed by atoms with Gasteiger partial charge < -0.3 is 0 Å². The Morgan fingerprint density at radius 3 is 2.67 bits per heavy atom. The first-order valence-electron chi connectivity index (χ1n) is 5.24. The Labute approximate surface area is 92.4 Å². The fourth-order valence-electron chi connectivity index (χ4n) is 1.26. The van der Waals surface area contributed by atoms with Gasteiger partial charge in [-0.15, -0.1) is 6.58 Å². The molecule has 0 spiro atoms. The Bertz CT molecular complexity index is 343. The summed E-state index contributed by atoms with van der Waals surface area (Å²) in [5, 5.41) is 0. The summed E-state index contributed by atoms with van der Waals surface area (Å²) in [6.45, 7) is 8.57. The molecule has 78 valence electrons.